The van der Waals surface area contributed by atoms with Gasteiger partial charge in [-0.1, -0.05) is 41.7 Å². The molecule has 0 saturated carbocycles. The first-order chi connectivity index (χ1) is 10.6. The van der Waals surface area contributed by atoms with Gasteiger partial charge in [-0.2, -0.15) is 0 Å². The number of hydrogen-bond donors (Lipinski definition) is 1. The third-order valence-electron chi connectivity index (χ3n) is 2.94. The number of benzene rings is 1. The lowest BCUT2D eigenvalue weighted by molar-refractivity contribution is -0.144. The molecule has 0 unspecified atom stereocenters. The van der Waals surface area contributed by atoms with Crippen LogP contribution in [-0.4, -0.2) is 23.5 Å². The molecule has 5 nitrogen and oxygen atoms in total. The second-order valence-corrected chi connectivity index (χ2v) is 5.65. The summed E-state index contributed by atoms with van der Waals surface area (Å²) in [5.41, 5.74) is 1.95. The van der Waals surface area contributed by atoms with Crippen LogP contribution in [0.5, 0.6) is 0 Å². The smallest absolute Gasteiger partial charge is 0.306 e. The van der Waals surface area contributed by atoms with Gasteiger partial charge in [-0.25, -0.2) is 4.98 Å². The third-order valence-corrected chi connectivity index (χ3v) is 4.06. The summed E-state index contributed by atoms with van der Waals surface area (Å²) in [5.74, 6) is -0.598. The number of aromatic nitrogens is 1. The van der Waals surface area contributed by atoms with E-state index >= 15 is 0 Å². The Balaban J connectivity index is 1.97. The molecule has 6 heteroatoms. The number of thiazole rings is 1. The lowest BCUT2D eigenvalue weighted by Crippen LogP contribution is -2.14. The highest BCUT2D eigenvalue weighted by Gasteiger charge is 2.13. The number of esters is 1. The molecular formula is C16H18N2O3S. The number of nitrogens with one attached hydrogen (secondary N) is 1. The molecule has 2 aromatic rings. The number of carbonyl (C=O) groups excluding carboxylic acids is 2. The number of amides is 1. The lowest BCUT2D eigenvalue weighted by Gasteiger charge is -2.02. The fourth-order valence-corrected chi connectivity index (χ4v) is 2.93. The first-order valence-corrected chi connectivity index (χ1v) is 7.90. The molecule has 0 aliphatic heterocycles. The lowest BCUT2D eigenvalue weighted by atomic mass is 10.2. The van der Waals surface area contributed by atoms with Crippen molar-refractivity contribution in [1.82, 2.24) is 4.98 Å². The second kappa shape index (κ2) is 7.70. The van der Waals surface area contributed by atoms with E-state index < -0.39 is 0 Å². The zero-order chi connectivity index (χ0) is 15.9. The summed E-state index contributed by atoms with van der Waals surface area (Å²) in [7, 11) is 0. The van der Waals surface area contributed by atoms with E-state index in [1.165, 1.54) is 11.3 Å². The quantitative estimate of drug-likeness (QED) is 0.829. The SMILES string of the molecule is CCOC(=O)CCC(=O)Nc1nc(C)c(-c2ccccc2)s1. The molecule has 1 N–H and O–H groups in total. The average Bonchev–Trinajstić information content (AvgIpc) is 2.87. The van der Waals surface area contributed by atoms with Crippen LogP contribution in [-0.2, 0) is 14.3 Å². The van der Waals surface area contributed by atoms with Gasteiger partial charge in [-0.05, 0) is 19.4 Å². The number of ether oxygens (including phenoxy) is 1. The predicted octanol–water partition coefficient (Wildman–Crippen LogP) is 3.40. The topological polar surface area (TPSA) is 68.3 Å². The number of anilines is 1. The van der Waals surface area contributed by atoms with Crippen LogP contribution in [0.1, 0.15) is 25.5 Å². The Morgan fingerprint density at radius 1 is 1.23 bits per heavy atom. The highest BCUT2D eigenvalue weighted by molar-refractivity contribution is 7.19. The largest absolute Gasteiger partial charge is 0.466 e. The normalized spacial score (nSPS) is 10.3. The van der Waals surface area contributed by atoms with Crippen molar-refractivity contribution in [2.75, 3.05) is 11.9 Å². The van der Waals surface area contributed by atoms with Crippen LogP contribution >= 0.6 is 11.3 Å². The Labute approximate surface area is 133 Å². The highest BCUT2D eigenvalue weighted by Crippen LogP contribution is 2.32. The maximum atomic E-state index is 11.8. The zero-order valence-corrected chi connectivity index (χ0v) is 13.4. The minimum Gasteiger partial charge on any atom is -0.466 e. The molecule has 22 heavy (non-hydrogen) atoms. The third kappa shape index (κ3) is 4.39. The van der Waals surface area contributed by atoms with Crippen molar-refractivity contribution < 1.29 is 14.3 Å². The molecule has 0 aliphatic rings. The number of carbonyl (C=O) groups is 2. The van der Waals surface area contributed by atoms with E-state index in [1.54, 1.807) is 6.92 Å². The molecule has 0 atom stereocenters. The summed E-state index contributed by atoms with van der Waals surface area (Å²) in [4.78, 5) is 28.4. The van der Waals surface area contributed by atoms with Crippen LogP contribution in [0, 0.1) is 6.92 Å². The van der Waals surface area contributed by atoms with Crippen molar-refractivity contribution in [3.8, 4) is 10.4 Å². The molecule has 0 spiro atoms. The Kier molecular flexibility index (Phi) is 5.66. The number of hydrogen-bond acceptors (Lipinski definition) is 5. The highest BCUT2D eigenvalue weighted by atomic mass is 32.1. The van der Waals surface area contributed by atoms with Gasteiger partial charge in [-0.15, -0.1) is 0 Å². The van der Waals surface area contributed by atoms with Crippen LogP contribution in [0.2, 0.25) is 0 Å². The monoisotopic (exact) mass is 318 g/mol. The molecule has 0 radical (unpaired) electrons. The Morgan fingerprint density at radius 3 is 2.64 bits per heavy atom. The Hall–Kier alpha value is -2.21. The minimum atomic E-state index is -0.363. The maximum Gasteiger partial charge on any atom is 0.306 e. The van der Waals surface area contributed by atoms with Crippen molar-refractivity contribution >= 4 is 28.3 Å². The van der Waals surface area contributed by atoms with Gasteiger partial charge in [0.05, 0.1) is 23.6 Å². The van der Waals surface area contributed by atoms with Gasteiger partial charge in [0.15, 0.2) is 5.13 Å². The molecular weight excluding hydrogens is 300 g/mol. The average molecular weight is 318 g/mol. The van der Waals surface area contributed by atoms with Crippen LogP contribution < -0.4 is 5.32 Å². The molecule has 0 saturated heterocycles. The van der Waals surface area contributed by atoms with Gasteiger partial charge in [0, 0.05) is 6.42 Å². The van der Waals surface area contributed by atoms with Crippen molar-refractivity contribution in [3.05, 3.63) is 36.0 Å². The van der Waals surface area contributed by atoms with E-state index in [1.807, 2.05) is 37.3 Å². The second-order valence-electron chi connectivity index (χ2n) is 4.65. The van der Waals surface area contributed by atoms with E-state index in [9.17, 15) is 9.59 Å². The molecule has 0 fully saturated rings. The molecule has 1 heterocycles. The van der Waals surface area contributed by atoms with Crippen LogP contribution in [0.15, 0.2) is 30.3 Å². The molecule has 0 aliphatic carbocycles. The molecule has 0 bridgehead atoms. The number of aryl methyl sites for hydroxylation is 1. The molecule has 1 amide bonds. The molecule has 1 aromatic heterocycles. The summed E-state index contributed by atoms with van der Waals surface area (Å²) in [5, 5.41) is 3.28. The zero-order valence-electron chi connectivity index (χ0n) is 12.6. The van der Waals surface area contributed by atoms with Gasteiger partial charge < -0.3 is 10.1 Å². The van der Waals surface area contributed by atoms with Crippen molar-refractivity contribution in [3.63, 3.8) is 0 Å². The number of nitrogens with zero attached hydrogens (tertiary/aromatic N) is 1. The van der Waals surface area contributed by atoms with E-state index in [0.717, 1.165) is 16.1 Å². The minimum absolute atomic E-state index is 0.0789. The molecule has 2 rings (SSSR count). The van der Waals surface area contributed by atoms with Crippen molar-refractivity contribution in [2.24, 2.45) is 0 Å². The summed E-state index contributed by atoms with van der Waals surface area (Å²) >= 11 is 1.43. The van der Waals surface area contributed by atoms with Gasteiger partial charge in [0.1, 0.15) is 0 Å². The van der Waals surface area contributed by atoms with E-state index in [2.05, 4.69) is 10.3 Å². The number of rotatable bonds is 6. The van der Waals surface area contributed by atoms with Gasteiger partial charge in [0.25, 0.3) is 0 Å². The van der Waals surface area contributed by atoms with E-state index in [-0.39, 0.29) is 24.7 Å². The maximum absolute atomic E-state index is 11.8. The van der Waals surface area contributed by atoms with Crippen LogP contribution in [0.3, 0.4) is 0 Å². The van der Waals surface area contributed by atoms with Gasteiger partial charge in [0.2, 0.25) is 5.91 Å². The van der Waals surface area contributed by atoms with Crippen LogP contribution in [0.25, 0.3) is 10.4 Å². The Morgan fingerprint density at radius 2 is 1.95 bits per heavy atom. The fourth-order valence-electron chi connectivity index (χ4n) is 1.94. The van der Waals surface area contributed by atoms with E-state index in [4.69, 9.17) is 4.74 Å². The van der Waals surface area contributed by atoms with Crippen molar-refractivity contribution in [1.29, 1.82) is 0 Å². The molecule has 116 valence electrons. The summed E-state index contributed by atoms with van der Waals surface area (Å²) in [6.45, 7) is 3.97. The van der Waals surface area contributed by atoms with Gasteiger partial charge >= 0.3 is 5.97 Å². The summed E-state index contributed by atoms with van der Waals surface area (Å²) in [6.07, 6.45) is 0.174. The predicted molar refractivity (Wildman–Crippen MR) is 86.8 cm³/mol. The van der Waals surface area contributed by atoms with Crippen molar-refractivity contribution in [2.45, 2.75) is 26.7 Å². The Bertz CT molecular complexity index is 653. The summed E-state index contributed by atoms with van der Waals surface area (Å²) in [6, 6.07) is 9.90. The molecule has 1 aromatic carbocycles. The summed E-state index contributed by atoms with van der Waals surface area (Å²) < 4.78 is 4.79. The first kappa shape index (κ1) is 16.2. The first-order valence-electron chi connectivity index (χ1n) is 7.08. The fraction of sp³-hybridized carbons (Fsp3) is 0.312. The van der Waals surface area contributed by atoms with Gasteiger partial charge in [-0.3, -0.25) is 9.59 Å². The standard InChI is InChI=1S/C16H18N2O3S/c1-3-21-14(20)10-9-13(19)18-16-17-11(2)15(22-16)12-7-5-4-6-8-12/h4-8H,3,9-10H2,1-2H3,(H,17,18,19). The van der Waals surface area contributed by atoms with E-state index in [0.29, 0.717) is 11.7 Å². The van der Waals surface area contributed by atoms with Crippen LogP contribution in [0.4, 0.5) is 5.13 Å².